The summed E-state index contributed by atoms with van der Waals surface area (Å²) >= 11 is 0. The van der Waals surface area contributed by atoms with Gasteiger partial charge in [-0.2, -0.15) is 0 Å². The predicted octanol–water partition coefficient (Wildman–Crippen LogP) is 4.65. The number of para-hydroxylation sites is 1. The molecule has 0 aliphatic rings. The van der Waals surface area contributed by atoms with Gasteiger partial charge in [0.05, 0.1) is 0 Å². The fourth-order valence-electron chi connectivity index (χ4n) is 2.45. The molecule has 0 spiro atoms. The summed E-state index contributed by atoms with van der Waals surface area (Å²) in [5, 5.41) is 0.945. The number of hydrogen-bond acceptors (Lipinski definition) is 3. The van der Waals surface area contributed by atoms with Crippen molar-refractivity contribution in [3.63, 3.8) is 0 Å². The number of furan rings is 1. The molecule has 3 nitrogen and oxygen atoms in total. The van der Waals surface area contributed by atoms with Gasteiger partial charge in [0.1, 0.15) is 5.58 Å². The van der Waals surface area contributed by atoms with Gasteiger partial charge >= 0.3 is 0 Å². The zero-order chi connectivity index (χ0) is 16.1. The standard InChI is InChI=1S/C20H19NO2/c1-2-21(15-16-8-4-3-5-9-16)13-12-18(22)20-14-17-10-6-7-11-19(17)23-20/h3-14H,2,15H2,1H3. The summed E-state index contributed by atoms with van der Waals surface area (Å²) < 4.78 is 5.59. The van der Waals surface area contributed by atoms with Crippen LogP contribution in [0.4, 0.5) is 0 Å². The molecule has 1 aromatic heterocycles. The zero-order valence-corrected chi connectivity index (χ0v) is 13.1. The van der Waals surface area contributed by atoms with Gasteiger partial charge in [0.25, 0.3) is 0 Å². The van der Waals surface area contributed by atoms with Crippen molar-refractivity contribution in [1.29, 1.82) is 0 Å². The molecule has 2 aromatic carbocycles. The molecular weight excluding hydrogens is 286 g/mol. The molecule has 0 aliphatic carbocycles. The Labute approximate surface area is 135 Å². The van der Waals surface area contributed by atoms with Crippen LogP contribution in [0.3, 0.4) is 0 Å². The number of benzene rings is 2. The summed E-state index contributed by atoms with van der Waals surface area (Å²) in [6.07, 6.45) is 3.41. The van der Waals surface area contributed by atoms with Crippen LogP contribution >= 0.6 is 0 Å². The van der Waals surface area contributed by atoms with E-state index in [0.29, 0.717) is 5.76 Å². The third kappa shape index (κ3) is 3.69. The quantitative estimate of drug-likeness (QED) is 0.491. The van der Waals surface area contributed by atoms with E-state index in [-0.39, 0.29) is 5.78 Å². The highest BCUT2D eigenvalue weighted by molar-refractivity contribution is 6.04. The van der Waals surface area contributed by atoms with Gasteiger partial charge in [0.2, 0.25) is 5.78 Å². The summed E-state index contributed by atoms with van der Waals surface area (Å²) in [7, 11) is 0. The van der Waals surface area contributed by atoms with Crippen molar-refractivity contribution in [2.75, 3.05) is 6.54 Å². The van der Waals surface area contributed by atoms with Crippen LogP contribution in [0.1, 0.15) is 23.0 Å². The van der Waals surface area contributed by atoms with Crippen molar-refractivity contribution in [3.05, 3.63) is 84.3 Å². The molecule has 0 N–H and O–H groups in total. The van der Waals surface area contributed by atoms with Crippen molar-refractivity contribution in [2.45, 2.75) is 13.5 Å². The number of ketones is 1. The maximum Gasteiger partial charge on any atom is 0.222 e. The molecular formula is C20H19NO2. The van der Waals surface area contributed by atoms with Gasteiger partial charge in [0, 0.05) is 30.8 Å². The van der Waals surface area contributed by atoms with Gasteiger partial charge in [-0.25, -0.2) is 0 Å². The molecule has 23 heavy (non-hydrogen) atoms. The van der Waals surface area contributed by atoms with Crippen LogP contribution in [-0.4, -0.2) is 17.2 Å². The predicted molar refractivity (Wildman–Crippen MR) is 92.2 cm³/mol. The van der Waals surface area contributed by atoms with Crippen LogP contribution < -0.4 is 0 Å². The Bertz CT molecular complexity index is 785. The van der Waals surface area contributed by atoms with Crippen LogP contribution in [0, 0.1) is 0 Å². The van der Waals surface area contributed by atoms with Crippen molar-refractivity contribution in [1.82, 2.24) is 4.90 Å². The van der Waals surface area contributed by atoms with E-state index in [1.165, 1.54) is 5.56 Å². The first-order chi connectivity index (χ1) is 11.3. The molecule has 116 valence electrons. The molecule has 0 amide bonds. The molecule has 0 unspecified atom stereocenters. The topological polar surface area (TPSA) is 33.5 Å². The van der Waals surface area contributed by atoms with E-state index in [1.807, 2.05) is 48.7 Å². The smallest absolute Gasteiger partial charge is 0.222 e. The molecule has 3 heteroatoms. The van der Waals surface area contributed by atoms with Gasteiger partial charge < -0.3 is 9.32 Å². The molecule has 0 saturated carbocycles. The SMILES string of the molecule is CCN(C=CC(=O)c1cc2ccccc2o1)Cc1ccccc1. The van der Waals surface area contributed by atoms with E-state index in [1.54, 1.807) is 12.1 Å². The lowest BCUT2D eigenvalue weighted by atomic mass is 10.2. The number of carbonyl (C=O) groups excluding carboxylic acids is 1. The first-order valence-corrected chi connectivity index (χ1v) is 7.75. The fourth-order valence-corrected chi connectivity index (χ4v) is 2.45. The van der Waals surface area contributed by atoms with E-state index in [2.05, 4.69) is 24.0 Å². The first kappa shape index (κ1) is 15.1. The number of rotatable bonds is 6. The second kappa shape index (κ2) is 6.97. The first-order valence-electron chi connectivity index (χ1n) is 7.75. The summed E-state index contributed by atoms with van der Waals surface area (Å²) in [4.78, 5) is 14.4. The second-order valence-electron chi connectivity index (χ2n) is 5.38. The molecule has 0 fully saturated rings. The highest BCUT2D eigenvalue weighted by Gasteiger charge is 2.09. The monoisotopic (exact) mass is 305 g/mol. The number of carbonyl (C=O) groups is 1. The van der Waals surface area contributed by atoms with Crippen LogP contribution in [-0.2, 0) is 6.54 Å². The molecule has 1 heterocycles. The maximum atomic E-state index is 12.3. The highest BCUT2D eigenvalue weighted by atomic mass is 16.3. The Balaban J connectivity index is 1.71. The van der Waals surface area contributed by atoms with Crippen LogP contribution in [0.5, 0.6) is 0 Å². The van der Waals surface area contributed by atoms with Crippen molar-refractivity contribution in [2.24, 2.45) is 0 Å². The Kier molecular flexibility index (Phi) is 4.57. The molecule has 0 saturated heterocycles. The lowest BCUT2D eigenvalue weighted by molar-refractivity contribution is 0.102. The van der Waals surface area contributed by atoms with Crippen molar-refractivity contribution < 1.29 is 9.21 Å². The van der Waals surface area contributed by atoms with Crippen molar-refractivity contribution in [3.8, 4) is 0 Å². The lowest BCUT2D eigenvalue weighted by Gasteiger charge is -2.17. The minimum Gasteiger partial charge on any atom is -0.453 e. The maximum absolute atomic E-state index is 12.3. The van der Waals surface area contributed by atoms with Gasteiger partial charge in [-0.15, -0.1) is 0 Å². The number of nitrogens with zero attached hydrogens (tertiary/aromatic N) is 1. The fraction of sp³-hybridized carbons (Fsp3) is 0.150. The van der Waals surface area contributed by atoms with Gasteiger partial charge in [0.15, 0.2) is 5.76 Å². The molecule has 3 aromatic rings. The molecule has 3 rings (SSSR count). The van der Waals surface area contributed by atoms with Gasteiger partial charge in [-0.1, -0.05) is 48.5 Å². The second-order valence-corrected chi connectivity index (χ2v) is 5.38. The van der Waals surface area contributed by atoms with Gasteiger partial charge in [-0.05, 0) is 24.6 Å². The lowest BCUT2D eigenvalue weighted by Crippen LogP contribution is -2.16. The largest absolute Gasteiger partial charge is 0.453 e. The summed E-state index contributed by atoms with van der Waals surface area (Å²) in [5.41, 5.74) is 1.95. The average molecular weight is 305 g/mol. The van der Waals surface area contributed by atoms with E-state index in [4.69, 9.17) is 4.42 Å². The molecule has 0 radical (unpaired) electrons. The highest BCUT2D eigenvalue weighted by Crippen LogP contribution is 2.19. The molecule has 0 atom stereocenters. The third-order valence-corrected chi connectivity index (χ3v) is 3.74. The minimum absolute atomic E-state index is 0.118. The molecule has 0 aliphatic heterocycles. The summed E-state index contributed by atoms with van der Waals surface area (Å²) in [5.74, 6) is 0.255. The Morgan fingerprint density at radius 3 is 2.57 bits per heavy atom. The third-order valence-electron chi connectivity index (χ3n) is 3.74. The van der Waals surface area contributed by atoms with E-state index < -0.39 is 0 Å². The average Bonchev–Trinajstić information content (AvgIpc) is 3.03. The van der Waals surface area contributed by atoms with Crippen LogP contribution in [0.15, 0.2) is 77.4 Å². The molecule has 0 bridgehead atoms. The van der Waals surface area contributed by atoms with E-state index in [0.717, 1.165) is 24.1 Å². The summed E-state index contributed by atoms with van der Waals surface area (Å²) in [6, 6.07) is 19.6. The van der Waals surface area contributed by atoms with Crippen molar-refractivity contribution >= 4 is 16.8 Å². The normalized spacial score (nSPS) is 11.2. The van der Waals surface area contributed by atoms with Crippen LogP contribution in [0.25, 0.3) is 11.0 Å². The summed E-state index contributed by atoms with van der Waals surface area (Å²) in [6.45, 7) is 3.68. The van der Waals surface area contributed by atoms with E-state index in [9.17, 15) is 4.79 Å². The van der Waals surface area contributed by atoms with E-state index >= 15 is 0 Å². The van der Waals surface area contributed by atoms with Gasteiger partial charge in [-0.3, -0.25) is 4.79 Å². The Morgan fingerprint density at radius 1 is 1.09 bits per heavy atom. The Hall–Kier alpha value is -2.81. The van der Waals surface area contributed by atoms with Crippen LogP contribution in [0.2, 0.25) is 0 Å². The number of allylic oxidation sites excluding steroid dienone is 1. The number of hydrogen-bond donors (Lipinski definition) is 0. The number of fused-ring (bicyclic) bond motifs is 1. The minimum atomic E-state index is -0.118. The zero-order valence-electron chi connectivity index (χ0n) is 13.1. The Morgan fingerprint density at radius 2 is 1.83 bits per heavy atom.